The number of amidine groups is 1. The zero-order chi connectivity index (χ0) is 18.9. The van der Waals surface area contributed by atoms with Crippen LogP contribution in [-0.2, 0) is 16.6 Å². The summed E-state index contributed by atoms with van der Waals surface area (Å²) in [6, 6.07) is 10.4. The van der Waals surface area contributed by atoms with Crippen LogP contribution in [0.2, 0.25) is 0 Å². The molecule has 0 fully saturated rings. The minimum Gasteiger partial charge on any atom is -0.493 e. The number of hydrogen-bond donors (Lipinski definition) is 0. The Bertz CT molecular complexity index is 970. The summed E-state index contributed by atoms with van der Waals surface area (Å²) in [6.07, 6.45) is 0. The fourth-order valence-electron chi connectivity index (χ4n) is 2.98. The van der Waals surface area contributed by atoms with E-state index in [1.807, 2.05) is 6.07 Å². The smallest absolute Gasteiger partial charge is 0.285 e. The lowest BCUT2D eigenvalue weighted by Gasteiger charge is -2.22. The van der Waals surface area contributed by atoms with Crippen molar-refractivity contribution in [3.8, 4) is 17.2 Å². The molecule has 1 aliphatic rings. The highest BCUT2D eigenvalue weighted by molar-refractivity contribution is 7.90. The third kappa shape index (κ3) is 2.96. The fraction of sp³-hybridized carbons (Fsp3) is 0.278. The third-order valence-corrected chi connectivity index (χ3v) is 5.49. The average molecular weight is 376 g/mol. The van der Waals surface area contributed by atoms with Crippen molar-refractivity contribution in [3.63, 3.8) is 0 Å². The highest BCUT2D eigenvalue weighted by Gasteiger charge is 2.31. The molecular weight excluding hydrogens is 356 g/mol. The number of rotatable bonds is 5. The van der Waals surface area contributed by atoms with Crippen molar-refractivity contribution in [2.24, 2.45) is 4.40 Å². The SMILES string of the molecule is COc1ccc(CN(C)C2=NS(=O)(=O)c3ccccc32)c(OC)c1OC. The van der Waals surface area contributed by atoms with Crippen molar-refractivity contribution >= 4 is 15.9 Å². The van der Waals surface area contributed by atoms with Crippen LogP contribution >= 0.6 is 0 Å². The first kappa shape index (κ1) is 18.1. The summed E-state index contributed by atoms with van der Waals surface area (Å²) in [4.78, 5) is 1.99. The first-order valence-electron chi connectivity index (χ1n) is 7.86. The number of methoxy groups -OCH3 is 3. The van der Waals surface area contributed by atoms with Crippen molar-refractivity contribution in [3.05, 3.63) is 47.5 Å². The Hall–Kier alpha value is -2.74. The lowest BCUT2D eigenvalue weighted by atomic mass is 10.1. The van der Waals surface area contributed by atoms with Gasteiger partial charge in [0, 0.05) is 24.7 Å². The summed E-state index contributed by atoms with van der Waals surface area (Å²) in [5, 5.41) is 0. The van der Waals surface area contributed by atoms with Gasteiger partial charge in [-0.2, -0.15) is 8.42 Å². The van der Waals surface area contributed by atoms with E-state index in [0.717, 1.165) is 5.56 Å². The molecule has 0 N–H and O–H groups in total. The van der Waals surface area contributed by atoms with E-state index < -0.39 is 10.0 Å². The molecule has 0 aliphatic carbocycles. The Balaban J connectivity index is 1.98. The lowest BCUT2D eigenvalue weighted by Crippen LogP contribution is -2.26. The molecule has 3 rings (SSSR count). The molecular formula is C18H20N2O5S. The number of nitrogens with zero attached hydrogens (tertiary/aromatic N) is 2. The van der Waals surface area contributed by atoms with Crippen LogP contribution in [0.1, 0.15) is 11.1 Å². The third-order valence-electron chi connectivity index (χ3n) is 4.17. The Morgan fingerprint density at radius 2 is 1.65 bits per heavy atom. The Kier molecular flexibility index (Phi) is 4.78. The molecule has 2 aromatic carbocycles. The highest BCUT2D eigenvalue weighted by Crippen LogP contribution is 2.40. The molecule has 26 heavy (non-hydrogen) atoms. The number of hydrogen-bond acceptors (Lipinski definition) is 6. The van der Waals surface area contributed by atoms with Crippen molar-refractivity contribution in [2.45, 2.75) is 11.4 Å². The summed E-state index contributed by atoms with van der Waals surface area (Å²) in [5.74, 6) is 1.98. The molecule has 0 saturated carbocycles. The minimum absolute atomic E-state index is 0.223. The van der Waals surface area contributed by atoms with Gasteiger partial charge in [-0.25, -0.2) is 0 Å². The van der Waals surface area contributed by atoms with Gasteiger partial charge in [-0.15, -0.1) is 4.40 Å². The van der Waals surface area contributed by atoms with Crippen molar-refractivity contribution in [1.29, 1.82) is 0 Å². The zero-order valence-electron chi connectivity index (χ0n) is 15.0. The maximum atomic E-state index is 12.3. The van der Waals surface area contributed by atoms with E-state index in [-0.39, 0.29) is 4.90 Å². The van der Waals surface area contributed by atoms with Gasteiger partial charge in [0.1, 0.15) is 4.90 Å². The second kappa shape index (κ2) is 6.87. The largest absolute Gasteiger partial charge is 0.493 e. The van der Waals surface area contributed by atoms with Crippen LogP contribution in [0, 0.1) is 0 Å². The molecule has 1 aliphatic heterocycles. The molecule has 2 aromatic rings. The van der Waals surface area contributed by atoms with Gasteiger partial charge >= 0.3 is 0 Å². The molecule has 0 saturated heterocycles. The first-order chi connectivity index (χ1) is 12.4. The van der Waals surface area contributed by atoms with Crippen molar-refractivity contribution in [2.75, 3.05) is 28.4 Å². The molecule has 0 radical (unpaired) electrons. The van der Waals surface area contributed by atoms with E-state index in [0.29, 0.717) is 35.2 Å². The van der Waals surface area contributed by atoms with Crippen LogP contribution in [0.25, 0.3) is 0 Å². The van der Waals surface area contributed by atoms with Gasteiger partial charge in [-0.1, -0.05) is 12.1 Å². The number of ether oxygens (including phenoxy) is 3. The predicted molar refractivity (Wildman–Crippen MR) is 97.7 cm³/mol. The Morgan fingerprint density at radius 3 is 2.31 bits per heavy atom. The maximum absolute atomic E-state index is 12.3. The zero-order valence-corrected chi connectivity index (χ0v) is 15.8. The Morgan fingerprint density at radius 1 is 0.962 bits per heavy atom. The van der Waals surface area contributed by atoms with Crippen LogP contribution < -0.4 is 14.2 Å². The van der Waals surface area contributed by atoms with Gasteiger partial charge in [0.05, 0.1) is 21.3 Å². The second-order valence-corrected chi connectivity index (χ2v) is 7.31. The number of sulfonamides is 1. The summed E-state index contributed by atoms with van der Waals surface area (Å²) >= 11 is 0. The van der Waals surface area contributed by atoms with E-state index in [9.17, 15) is 8.42 Å². The van der Waals surface area contributed by atoms with Gasteiger partial charge in [-0.05, 0) is 24.3 Å². The van der Waals surface area contributed by atoms with E-state index in [1.165, 1.54) is 7.11 Å². The Labute approximate surface area is 152 Å². The summed E-state index contributed by atoms with van der Waals surface area (Å²) in [7, 11) is 2.77. The minimum atomic E-state index is -3.66. The molecule has 0 amide bonds. The molecule has 0 bridgehead atoms. The maximum Gasteiger partial charge on any atom is 0.285 e. The summed E-state index contributed by atoms with van der Waals surface area (Å²) < 4.78 is 44.6. The molecule has 0 unspecified atom stereocenters. The van der Waals surface area contributed by atoms with Crippen LogP contribution in [0.3, 0.4) is 0 Å². The first-order valence-corrected chi connectivity index (χ1v) is 9.30. The number of benzene rings is 2. The van der Waals surface area contributed by atoms with Crippen LogP contribution in [-0.4, -0.2) is 47.5 Å². The van der Waals surface area contributed by atoms with E-state index >= 15 is 0 Å². The van der Waals surface area contributed by atoms with Gasteiger partial charge in [0.15, 0.2) is 17.3 Å². The molecule has 138 valence electrons. The second-order valence-electron chi connectivity index (χ2n) is 5.74. The van der Waals surface area contributed by atoms with Gasteiger partial charge in [0.25, 0.3) is 10.0 Å². The molecule has 1 heterocycles. The van der Waals surface area contributed by atoms with Gasteiger partial charge < -0.3 is 19.1 Å². The monoisotopic (exact) mass is 376 g/mol. The summed E-state index contributed by atoms with van der Waals surface area (Å²) in [5.41, 5.74) is 1.41. The fourth-order valence-corrected chi connectivity index (χ4v) is 4.23. The van der Waals surface area contributed by atoms with Crippen LogP contribution in [0.5, 0.6) is 17.2 Å². The molecule has 8 heteroatoms. The van der Waals surface area contributed by atoms with Gasteiger partial charge in [0.2, 0.25) is 5.75 Å². The van der Waals surface area contributed by atoms with Gasteiger partial charge in [-0.3, -0.25) is 0 Å². The molecule has 0 aromatic heterocycles. The summed E-state index contributed by atoms with van der Waals surface area (Å²) in [6.45, 7) is 0.381. The molecule has 0 spiro atoms. The van der Waals surface area contributed by atoms with Crippen LogP contribution in [0.4, 0.5) is 0 Å². The quantitative estimate of drug-likeness (QED) is 0.797. The van der Waals surface area contributed by atoms with E-state index in [2.05, 4.69) is 4.40 Å². The standard InChI is InChI=1S/C18H20N2O5S/c1-20(18-13-7-5-6-8-15(13)26(21,22)19-18)11-12-9-10-14(23-2)17(25-4)16(12)24-3/h5-10H,11H2,1-4H3. The normalized spacial score (nSPS) is 14.4. The average Bonchev–Trinajstić information content (AvgIpc) is 2.92. The lowest BCUT2D eigenvalue weighted by molar-refractivity contribution is 0.319. The van der Waals surface area contributed by atoms with Crippen molar-refractivity contribution in [1.82, 2.24) is 4.90 Å². The van der Waals surface area contributed by atoms with Crippen molar-refractivity contribution < 1.29 is 22.6 Å². The predicted octanol–water partition coefficient (Wildman–Crippen LogP) is 2.29. The van der Waals surface area contributed by atoms with Crippen LogP contribution in [0.15, 0.2) is 45.7 Å². The van der Waals surface area contributed by atoms with E-state index in [4.69, 9.17) is 14.2 Å². The molecule has 0 atom stereocenters. The molecule has 7 nitrogen and oxygen atoms in total. The van der Waals surface area contributed by atoms with E-state index in [1.54, 1.807) is 56.5 Å². The topological polar surface area (TPSA) is 77.4 Å². The highest BCUT2D eigenvalue weighted by atomic mass is 32.2. The number of fused-ring (bicyclic) bond motifs is 1.